The summed E-state index contributed by atoms with van der Waals surface area (Å²) in [6, 6.07) is 3.90. The summed E-state index contributed by atoms with van der Waals surface area (Å²) in [7, 11) is 3.27. The Morgan fingerprint density at radius 2 is 2.11 bits per heavy atom. The van der Waals surface area contributed by atoms with Gasteiger partial charge >= 0.3 is 5.63 Å². The minimum atomic E-state index is -0.443. The monoisotopic (exact) mass is 368 g/mol. The molecular formula is C19H20N4O4. The first kappa shape index (κ1) is 17.3. The van der Waals surface area contributed by atoms with Crippen LogP contribution in [0.5, 0.6) is 11.6 Å². The summed E-state index contributed by atoms with van der Waals surface area (Å²) in [6.07, 6.45) is 5.93. The van der Waals surface area contributed by atoms with Gasteiger partial charge in [0, 0.05) is 30.8 Å². The lowest BCUT2D eigenvalue weighted by atomic mass is 10.2. The van der Waals surface area contributed by atoms with Crippen LogP contribution < -0.4 is 15.1 Å². The molecule has 0 amide bonds. The van der Waals surface area contributed by atoms with Crippen molar-refractivity contribution in [3.8, 4) is 22.8 Å². The van der Waals surface area contributed by atoms with Gasteiger partial charge in [0.2, 0.25) is 5.88 Å². The summed E-state index contributed by atoms with van der Waals surface area (Å²) in [4.78, 5) is 25.0. The van der Waals surface area contributed by atoms with E-state index in [4.69, 9.17) is 14.0 Å². The first-order valence-electron chi connectivity index (χ1n) is 8.69. The van der Waals surface area contributed by atoms with E-state index in [0.717, 1.165) is 17.9 Å². The number of aryl methyl sites for hydroxylation is 2. The van der Waals surface area contributed by atoms with Gasteiger partial charge in [-0.25, -0.2) is 14.5 Å². The van der Waals surface area contributed by atoms with Crippen molar-refractivity contribution in [3.05, 3.63) is 52.7 Å². The van der Waals surface area contributed by atoms with Crippen molar-refractivity contribution in [2.75, 3.05) is 13.7 Å². The highest BCUT2D eigenvalue weighted by molar-refractivity contribution is 5.65. The summed E-state index contributed by atoms with van der Waals surface area (Å²) in [5.74, 6) is 2.45. The van der Waals surface area contributed by atoms with Gasteiger partial charge in [-0.1, -0.05) is 0 Å². The lowest BCUT2D eigenvalue weighted by molar-refractivity contribution is 0.283. The van der Waals surface area contributed by atoms with Gasteiger partial charge in [0.15, 0.2) is 0 Å². The molecule has 8 heteroatoms. The summed E-state index contributed by atoms with van der Waals surface area (Å²) in [5, 5.41) is 0. The smallest absolute Gasteiger partial charge is 0.365 e. The van der Waals surface area contributed by atoms with Crippen molar-refractivity contribution in [1.82, 2.24) is 19.7 Å². The minimum Gasteiger partial charge on any atom is -0.495 e. The predicted molar refractivity (Wildman–Crippen MR) is 96.8 cm³/mol. The molecule has 0 spiro atoms. The maximum Gasteiger partial charge on any atom is 0.365 e. The second-order valence-electron chi connectivity index (χ2n) is 6.64. The van der Waals surface area contributed by atoms with Gasteiger partial charge < -0.3 is 14.0 Å². The summed E-state index contributed by atoms with van der Waals surface area (Å²) < 4.78 is 17.5. The number of hydrogen-bond acceptors (Lipinski definition) is 7. The van der Waals surface area contributed by atoms with E-state index in [0.29, 0.717) is 41.3 Å². The van der Waals surface area contributed by atoms with E-state index in [1.807, 2.05) is 12.1 Å². The standard InChI is InChI=1S/C19H20N4O4/c1-11-20-8-15(16-9-23(2)27-19(16)24)18(22-11)26-10-12-6-14(12)17-5-4-13(25-3)7-21-17/h4-5,7-9,12,14H,6,10H2,1-3H3/t12-,14+/m1/s1. The average molecular weight is 368 g/mol. The molecule has 8 nitrogen and oxygen atoms in total. The first-order valence-corrected chi connectivity index (χ1v) is 8.69. The molecule has 1 saturated carbocycles. The maximum absolute atomic E-state index is 12.0. The van der Waals surface area contributed by atoms with Gasteiger partial charge in [-0.05, 0) is 25.5 Å². The molecule has 140 valence electrons. The zero-order valence-corrected chi connectivity index (χ0v) is 15.4. The molecule has 1 aliphatic rings. The lowest BCUT2D eigenvalue weighted by Gasteiger charge is -2.09. The van der Waals surface area contributed by atoms with Crippen LogP contribution in [0.15, 0.2) is 40.0 Å². The number of hydrogen-bond donors (Lipinski definition) is 0. The van der Waals surface area contributed by atoms with Gasteiger partial charge in [-0.3, -0.25) is 4.98 Å². The zero-order chi connectivity index (χ0) is 19.0. The molecule has 0 aliphatic heterocycles. The van der Waals surface area contributed by atoms with Crippen molar-refractivity contribution in [3.63, 3.8) is 0 Å². The van der Waals surface area contributed by atoms with Gasteiger partial charge in [0.05, 0.1) is 37.2 Å². The Morgan fingerprint density at radius 1 is 1.26 bits per heavy atom. The fourth-order valence-electron chi connectivity index (χ4n) is 3.08. The number of pyridine rings is 1. The second kappa shape index (κ2) is 6.86. The third-order valence-electron chi connectivity index (χ3n) is 4.65. The van der Waals surface area contributed by atoms with Crippen LogP contribution in [0.4, 0.5) is 0 Å². The van der Waals surface area contributed by atoms with Gasteiger partial charge in [0.25, 0.3) is 0 Å². The Hall–Kier alpha value is -3.16. The molecule has 0 N–H and O–H groups in total. The van der Waals surface area contributed by atoms with Crippen LogP contribution in [-0.2, 0) is 7.05 Å². The van der Waals surface area contributed by atoms with Crippen molar-refractivity contribution < 1.29 is 14.0 Å². The molecule has 2 atom stereocenters. The fourth-order valence-corrected chi connectivity index (χ4v) is 3.08. The van der Waals surface area contributed by atoms with E-state index in [-0.39, 0.29) is 0 Å². The average Bonchev–Trinajstić information content (AvgIpc) is 3.37. The number of aromatic nitrogens is 4. The van der Waals surface area contributed by atoms with Crippen LogP contribution in [0.3, 0.4) is 0 Å². The van der Waals surface area contributed by atoms with Gasteiger partial charge in [0.1, 0.15) is 11.6 Å². The number of nitrogens with zero attached hydrogens (tertiary/aromatic N) is 4. The molecule has 3 aromatic rings. The van der Waals surface area contributed by atoms with E-state index < -0.39 is 5.63 Å². The molecule has 4 rings (SSSR count). The van der Waals surface area contributed by atoms with Gasteiger partial charge in [-0.15, -0.1) is 0 Å². The third kappa shape index (κ3) is 3.55. The molecule has 0 saturated heterocycles. The first-order chi connectivity index (χ1) is 13.0. The highest BCUT2D eigenvalue weighted by atomic mass is 16.5. The minimum absolute atomic E-state index is 0.362. The Kier molecular flexibility index (Phi) is 4.39. The molecule has 1 aliphatic carbocycles. The molecule has 0 radical (unpaired) electrons. The van der Waals surface area contributed by atoms with E-state index >= 15 is 0 Å². The molecule has 0 aromatic carbocycles. The maximum atomic E-state index is 12.0. The second-order valence-corrected chi connectivity index (χ2v) is 6.64. The molecular weight excluding hydrogens is 348 g/mol. The molecule has 3 heterocycles. The van der Waals surface area contributed by atoms with E-state index in [1.165, 1.54) is 4.74 Å². The van der Waals surface area contributed by atoms with Crippen molar-refractivity contribution in [1.29, 1.82) is 0 Å². The third-order valence-corrected chi connectivity index (χ3v) is 4.65. The topological polar surface area (TPSA) is 92.3 Å². The predicted octanol–water partition coefficient (Wildman–Crippen LogP) is 2.33. The summed E-state index contributed by atoms with van der Waals surface area (Å²) in [5.41, 5.74) is 1.51. The van der Waals surface area contributed by atoms with E-state index in [1.54, 1.807) is 39.7 Å². The van der Waals surface area contributed by atoms with Crippen LogP contribution in [0, 0.1) is 12.8 Å². The van der Waals surface area contributed by atoms with Crippen LogP contribution >= 0.6 is 0 Å². The molecule has 3 aromatic heterocycles. The number of ether oxygens (including phenoxy) is 2. The number of rotatable bonds is 6. The highest BCUT2D eigenvalue weighted by Crippen LogP contribution is 2.47. The van der Waals surface area contributed by atoms with E-state index in [2.05, 4.69) is 15.0 Å². The normalized spacial score (nSPS) is 18.3. The quantitative estimate of drug-likeness (QED) is 0.659. The van der Waals surface area contributed by atoms with Crippen molar-refractivity contribution in [2.24, 2.45) is 13.0 Å². The molecule has 0 bridgehead atoms. The van der Waals surface area contributed by atoms with E-state index in [9.17, 15) is 4.79 Å². The fraction of sp³-hybridized carbons (Fsp3) is 0.368. The zero-order valence-electron chi connectivity index (χ0n) is 15.4. The van der Waals surface area contributed by atoms with Crippen LogP contribution in [0.2, 0.25) is 0 Å². The molecule has 0 unspecified atom stereocenters. The Morgan fingerprint density at radius 3 is 2.78 bits per heavy atom. The van der Waals surface area contributed by atoms with Crippen molar-refractivity contribution in [2.45, 2.75) is 19.3 Å². The van der Waals surface area contributed by atoms with Gasteiger partial charge in [-0.2, -0.15) is 4.98 Å². The Bertz CT molecular complexity index is 1010. The Labute approximate surface area is 155 Å². The molecule has 1 fully saturated rings. The van der Waals surface area contributed by atoms with Crippen molar-refractivity contribution >= 4 is 0 Å². The SMILES string of the molecule is COc1ccc([C@H]2C[C@@H]2COc2nc(C)ncc2-c2cn(C)oc2=O)nc1. The van der Waals surface area contributed by atoms with Crippen LogP contribution in [0.1, 0.15) is 23.9 Å². The highest BCUT2D eigenvalue weighted by Gasteiger charge is 2.40. The molecule has 27 heavy (non-hydrogen) atoms. The Balaban J connectivity index is 1.48. The summed E-state index contributed by atoms with van der Waals surface area (Å²) in [6.45, 7) is 2.28. The largest absolute Gasteiger partial charge is 0.495 e. The van der Waals surface area contributed by atoms with Crippen LogP contribution in [0.25, 0.3) is 11.1 Å². The summed E-state index contributed by atoms with van der Waals surface area (Å²) >= 11 is 0. The number of methoxy groups -OCH3 is 1. The lowest BCUT2D eigenvalue weighted by Crippen LogP contribution is -2.07. The van der Waals surface area contributed by atoms with Crippen LogP contribution in [-0.4, -0.2) is 33.4 Å².